The summed E-state index contributed by atoms with van der Waals surface area (Å²) < 4.78 is 12.2. The monoisotopic (exact) mass is 503 g/mol. The van der Waals surface area contributed by atoms with E-state index in [4.69, 9.17) is 14.5 Å². The second-order valence-electron chi connectivity index (χ2n) is 8.48. The summed E-state index contributed by atoms with van der Waals surface area (Å²) in [6.45, 7) is 4.47. The van der Waals surface area contributed by atoms with Crippen molar-refractivity contribution in [2.45, 2.75) is 25.4 Å². The first-order chi connectivity index (χ1) is 17.4. The van der Waals surface area contributed by atoms with Crippen molar-refractivity contribution in [2.24, 2.45) is 0 Å². The van der Waals surface area contributed by atoms with Crippen LogP contribution in [0.2, 0.25) is 0 Å². The molecule has 0 spiro atoms. The van der Waals surface area contributed by atoms with Crippen LogP contribution in [0.15, 0.2) is 70.6 Å². The lowest BCUT2D eigenvalue weighted by Gasteiger charge is -2.14. The number of thioether (sulfide) groups is 1. The van der Waals surface area contributed by atoms with E-state index in [-0.39, 0.29) is 17.2 Å². The van der Waals surface area contributed by atoms with Gasteiger partial charge in [-0.1, -0.05) is 36.0 Å². The van der Waals surface area contributed by atoms with Gasteiger partial charge < -0.3 is 14.8 Å². The van der Waals surface area contributed by atoms with Gasteiger partial charge in [-0.05, 0) is 73.4 Å². The Morgan fingerprint density at radius 2 is 1.69 bits per heavy atom. The van der Waals surface area contributed by atoms with E-state index in [2.05, 4.69) is 11.4 Å². The fourth-order valence-corrected chi connectivity index (χ4v) is 4.92. The quantitative estimate of drug-likeness (QED) is 0.268. The molecule has 1 N–H and O–H groups in total. The van der Waals surface area contributed by atoms with Crippen molar-refractivity contribution in [1.82, 2.24) is 14.9 Å². The van der Waals surface area contributed by atoms with Gasteiger partial charge in [0.05, 0.1) is 36.6 Å². The van der Waals surface area contributed by atoms with Crippen molar-refractivity contribution in [3.05, 3.63) is 87.7 Å². The highest BCUT2D eigenvalue weighted by Gasteiger charge is 2.15. The maximum Gasteiger partial charge on any atom is 0.266 e. The molecule has 8 heteroatoms. The summed E-state index contributed by atoms with van der Waals surface area (Å²) in [5.74, 6) is 1.33. The molecule has 0 aliphatic rings. The third-order valence-electron chi connectivity index (χ3n) is 5.73. The molecule has 0 aliphatic carbocycles. The van der Waals surface area contributed by atoms with Gasteiger partial charge in [-0.2, -0.15) is 0 Å². The molecule has 4 aromatic rings. The topological polar surface area (TPSA) is 82.5 Å². The molecule has 0 saturated heterocycles. The van der Waals surface area contributed by atoms with Gasteiger partial charge in [-0.3, -0.25) is 14.2 Å². The Balaban J connectivity index is 1.50. The van der Waals surface area contributed by atoms with Crippen LogP contribution in [-0.4, -0.2) is 42.0 Å². The van der Waals surface area contributed by atoms with Crippen LogP contribution in [0.25, 0.3) is 16.6 Å². The van der Waals surface area contributed by atoms with Crippen molar-refractivity contribution >= 4 is 28.6 Å². The van der Waals surface area contributed by atoms with Gasteiger partial charge in [0, 0.05) is 6.54 Å². The van der Waals surface area contributed by atoms with Crippen LogP contribution < -0.4 is 20.3 Å². The highest BCUT2D eigenvalue weighted by atomic mass is 32.2. The molecule has 3 aromatic carbocycles. The Hall–Kier alpha value is -3.78. The zero-order valence-electron chi connectivity index (χ0n) is 20.8. The average Bonchev–Trinajstić information content (AvgIpc) is 2.86. The molecule has 1 amide bonds. The van der Waals surface area contributed by atoms with Gasteiger partial charge in [0.25, 0.3) is 5.56 Å². The number of hydrogen-bond donors (Lipinski definition) is 1. The van der Waals surface area contributed by atoms with Gasteiger partial charge in [0.15, 0.2) is 16.7 Å². The Kier molecular flexibility index (Phi) is 7.95. The van der Waals surface area contributed by atoms with Crippen LogP contribution >= 0.6 is 11.8 Å². The number of methoxy groups -OCH3 is 2. The van der Waals surface area contributed by atoms with Crippen molar-refractivity contribution in [1.29, 1.82) is 0 Å². The molecule has 0 radical (unpaired) electrons. The van der Waals surface area contributed by atoms with Crippen molar-refractivity contribution in [3.63, 3.8) is 0 Å². The molecule has 186 valence electrons. The molecular formula is C28H29N3O4S. The number of nitrogens with one attached hydrogen (secondary N) is 1. The summed E-state index contributed by atoms with van der Waals surface area (Å²) >= 11 is 1.25. The smallest absolute Gasteiger partial charge is 0.266 e. The van der Waals surface area contributed by atoms with Gasteiger partial charge >= 0.3 is 0 Å². The normalized spacial score (nSPS) is 10.9. The van der Waals surface area contributed by atoms with Crippen LogP contribution in [0.4, 0.5) is 0 Å². The highest BCUT2D eigenvalue weighted by Crippen LogP contribution is 2.27. The zero-order valence-corrected chi connectivity index (χ0v) is 21.6. The van der Waals surface area contributed by atoms with E-state index in [1.165, 1.54) is 11.8 Å². The standard InChI is InChI=1S/C28H29N3O4S/c1-18-13-19(2)15-21(14-18)31-27(33)22-7-5-6-8-23(22)30-28(31)36-17-26(32)29-12-11-20-9-10-24(34-3)25(16-20)35-4/h5-10,13-16H,11-12,17H2,1-4H3,(H,29,32). The minimum atomic E-state index is -0.151. The molecule has 1 aromatic heterocycles. The number of rotatable bonds is 9. The minimum Gasteiger partial charge on any atom is -0.493 e. The van der Waals surface area contributed by atoms with E-state index >= 15 is 0 Å². The summed E-state index contributed by atoms with van der Waals surface area (Å²) in [7, 11) is 3.19. The first-order valence-electron chi connectivity index (χ1n) is 11.6. The summed E-state index contributed by atoms with van der Waals surface area (Å²) in [5, 5.41) is 3.98. The molecule has 0 bridgehead atoms. The lowest BCUT2D eigenvalue weighted by Crippen LogP contribution is -2.28. The number of para-hydroxylation sites is 1. The third kappa shape index (κ3) is 5.71. The third-order valence-corrected chi connectivity index (χ3v) is 6.66. The van der Waals surface area contributed by atoms with E-state index in [0.29, 0.717) is 40.5 Å². The number of carbonyl (C=O) groups is 1. The molecule has 0 fully saturated rings. The summed E-state index contributed by atoms with van der Waals surface area (Å²) in [6.07, 6.45) is 0.651. The lowest BCUT2D eigenvalue weighted by molar-refractivity contribution is -0.118. The minimum absolute atomic E-state index is 0.130. The molecule has 1 heterocycles. The number of amides is 1. The number of carbonyl (C=O) groups excluding carboxylic acids is 1. The van der Waals surface area contributed by atoms with Crippen LogP contribution in [-0.2, 0) is 11.2 Å². The molecule has 0 unspecified atom stereocenters. The number of aryl methyl sites for hydroxylation is 2. The second-order valence-corrected chi connectivity index (χ2v) is 9.42. The molecule has 7 nitrogen and oxygen atoms in total. The average molecular weight is 504 g/mol. The van der Waals surface area contributed by atoms with Crippen molar-refractivity contribution in [3.8, 4) is 17.2 Å². The largest absolute Gasteiger partial charge is 0.493 e. The second kappa shape index (κ2) is 11.3. The first kappa shape index (κ1) is 25.3. The Bertz CT molecular complexity index is 1450. The highest BCUT2D eigenvalue weighted by molar-refractivity contribution is 7.99. The van der Waals surface area contributed by atoms with Gasteiger partial charge in [0.1, 0.15) is 0 Å². The summed E-state index contributed by atoms with van der Waals surface area (Å²) in [5.41, 5.74) is 4.33. The number of ether oxygens (including phenoxy) is 2. The number of fused-ring (bicyclic) bond motifs is 1. The summed E-state index contributed by atoms with van der Waals surface area (Å²) in [6, 6.07) is 18.9. The number of aromatic nitrogens is 2. The maximum atomic E-state index is 13.4. The van der Waals surface area contributed by atoms with Crippen molar-refractivity contribution in [2.75, 3.05) is 26.5 Å². The molecule has 4 rings (SSSR count). The number of nitrogens with zero attached hydrogens (tertiary/aromatic N) is 2. The van der Waals surface area contributed by atoms with E-state index < -0.39 is 0 Å². The van der Waals surface area contributed by atoms with Crippen LogP contribution in [0.3, 0.4) is 0 Å². The lowest BCUT2D eigenvalue weighted by atomic mass is 10.1. The van der Waals surface area contributed by atoms with Crippen LogP contribution in [0.1, 0.15) is 16.7 Å². The molecule has 0 aliphatic heterocycles. The van der Waals surface area contributed by atoms with Gasteiger partial charge in [0.2, 0.25) is 5.91 Å². The Morgan fingerprint density at radius 3 is 2.42 bits per heavy atom. The van der Waals surface area contributed by atoms with E-state index in [0.717, 1.165) is 22.4 Å². The van der Waals surface area contributed by atoms with Crippen molar-refractivity contribution < 1.29 is 14.3 Å². The van der Waals surface area contributed by atoms with E-state index in [1.54, 1.807) is 24.9 Å². The maximum absolute atomic E-state index is 13.4. The predicted octanol–water partition coefficient (Wildman–Crippen LogP) is 4.47. The van der Waals surface area contributed by atoms with Gasteiger partial charge in [-0.15, -0.1) is 0 Å². The molecule has 0 atom stereocenters. The fourth-order valence-electron chi connectivity index (χ4n) is 4.08. The molecule has 0 saturated carbocycles. The van der Waals surface area contributed by atoms with Crippen LogP contribution in [0, 0.1) is 13.8 Å². The van der Waals surface area contributed by atoms with E-state index in [9.17, 15) is 9.59 Å². The zero-order chi connectivity index (χ0) is 25.7. The first-order valence-corrected chi connectivity index (χ1v) is 12.6. The SMILES string of the molecule is COc1ccc(CCNC(=O)CSc2nc3ccccc3c(=O)n2-c2cc(C)cc(C)c2)cc1OC. The Labute approximate surface area is 214 Å². The number of hydrogen-bond acceptors (Lipinski definition) is 6. The number of benzene rings is 3. The van der Waals surface area contributed by atoms with E-state index in [1.807, 2.05) is 62.4 Å². The summed E-state index contributed by atoms with van der Waals surface area (Å²) in [4.78, 5) is 30.8. The van der Waals surface area contributed by atoms with Gasteiger partial charge in [-0.25, -0.2) is 4.98 Å². The fraction of sp³-hybridized carbons (Fsp3) is 0.250. The predicted molar refractivity (Wildman–Crippen MR) is 144 cm³/mol. The van der Waals surface area contributed by atoms with Crippen LogP contribution in [0.5, 0.6) is 11.5 Å². The molecular weight excluding hydrogens is 474 g/mol. The molecule has 36 heavy (non-hydrogen) atoms. The Morgan fingerprint density at radius 1 is 0.972 bits per heavy atom.